The molecule has 0 radical (unpaired) electrons. The third-order valence-electron chi connectivity index (χ3n) is 6.45. The van der Waals surface area contributed by atoms with Crippen molar-refractivity contribution < 1.29 is 18.7 Å². The maximum Gasteiger partial charge on any atom is 0.244 e. The molecule has 1 spiro atoms. The quantitative estimate of drug-likeness (QED) is 0.646. The van der Waals surface area contributed by atoms with Crippen LogP contribution >= 0.6 is 0 Å². The number of ether oxygens (including phenoxy) is 2. The number of hydrogen-bond acceptors (Lipinski definition) is 7. The van der Waals surface area contributed by atoms with Crippen molar-refractivity contribution in [2.24, 2.45) is 0 Å². The number of nitrogens with zero attached hydrogens (tertiary/aromatic N) is 2. The molecular formula is C25H20N4O4. The topological polar surface area (TPSA) is 99.8 Å². The maximum atomic E-state index is 14.2. The Labute approximate surface area is 190 Å². The van der Waals surface area contributed by atoms with Crippen LogP contribution in [-0.4, -0.2) is 26.3 Å². The summed E-state index contributed by atoms with van der Waals surface area (Å²) in [6, 6.07) is 17.0. The van der Waals surface area contributed by atoms with E-state index in [0.29, 0.717) is 23.8 Å². The molecule has 3 aliphatic rings. The van der Waals surface area contributed by atoms with E-state index >= 15 is 0 Å². The van der Waals surface area contributed by atoms with E-state index in [1.807, 2.05) is 55.7 Å². The molecule has 0 fully saturated rings. The lowest BCUT2D eigenvalue weighted by molar-refractivity contribution is -0.122. The van der Waals surface area contributed by atoms with Gasteiger partial charge in [0.25, 0.3) is 0 Å². The van der Waals surface area contributed by atoms with Gasteiger partial charge in [0, 0.05) is 31.0 Å². The van der Waals surface area contributed by atoms with Crippen molar-refractivity contribution in [1.82, 2.24) is 10.6 Å². The Hall–Kier alpha value is -4.38. The van der Waals surface area contributed by atoms with Gasteiger partial charge in [-0.05, 0) is 41.5 Å². The molecule has 1 aromatic heterocycles. The molecule has 1 amide bonds. The Morgan fingerprint density at radius 3 is 2.79 bits per heavy atom. The molecule has 2 N–H and O–H groups in total. The van der Waals surface area contributed by atoms with Crippen LogP contribution in [0.3, 0.4) is 0 Å². The third-order valence-corrected chi connectivity index (χ3v) is 6.45. The predicted octanol–water partition coefficient (Wildman–Crippen LogP) is 2.83. The first-order chi connectivity index (χ1) is 16.2. The van der Waals surface area contributed by atoms with Gasteiger partial charge >= 0.3 is 0 Å². The van der Waals surface area contributed by atoms with Crippen LogP contribution in [0, 0.1) is 11.3 Å². The number of fused-ring (bicyclic) bond motifs is 5. The van der Waals surface area contributed by atoms with Gasteiger partial charge in [0.15, 0.2) is 11.5 Å². The zero-order valence-electron chi connectivity index (χ0n) is 17.8. The minimum atomic E-state index is -0.942. The molecule has 1 unspecified atom stereocenters. The molecule has 0 aliphatic carbocycles. The lowest BCUT2D eigenvalue weighted by Gasteiger charge is -2.37. The summed E-state index contributed by atoms with van der Waals surface area (Å²) in [5.41, 5.74) is 3.42. The molecule has 2 aromatic carbocycles. The zero-order chi connectivity index (χ0) is 22.6. The van der Waals surface area contributed by atoms with E-state index < -0.39 is 5.41 Å². The van der Waals surface area contributed by atoms with Crippen LogP contribution in [0.2, 0.25) is 0 Å². The van der Waals surface area contributed by atoms with Gasteiger partial charge < -0.3 is 29.4 Å². The monoisotopic (exact) mass is 440 g/mol. The van der Waals surface area contributed by atoms with E-state index in [4.69, 9.17) is 19.2 Å². The number of para-hydroxylation sites is 1. The van der Waals surface area contributed by atoms with Crippen molar-refractivity contribution in [1.29, 1.82) is 5.26 Å². The number of amides is 1. The second-order valence-corrected chi connectivity index (χ2v) is 8.14. The Kier molecular flexibility index (Phi) is 4.14. The summed E-state index contributed by atoms with van der Waals surface area (Å²) in [4.78, 5) is 16.0. The summed E-state index contributed by atoms with van der Waals surface area (Å²) < 4.78 is 16.9. The second-order valence-electron chi connectivity index (χ2n) is 8.14. The highest BCUT2D eigenvalue weighted by Gasteiger charge is 2.55. The first kappa shape index (κ1) is 19.3. The fourth-order valence-corrected chi connectivity index (χ4v) is 5.00. The van der Waals surface area contributed by atoms with E-state index in [1.165, 1.54) is 0 Å². The fraction of sp³-hybridized carbons (Fsp3) is 0.200. The molecule has 8 heteroatoms. The second kappa shape index (κ2) is 7.07. The minimum Gasteiger partial charge on any atom is -0.454 e. The highest BCUT2D eigenvalue weighted by atomic mass is 16.7. The molecule has 0 saturated heterocycles. The van der Waals surface area contributed by atoms with Gasteiger partial charge in [0.1, 0.15) is 17.2 Å². The molecule has 1 atom stereocenters. The van der Waals surface area contributed by atoms with Crippen LogP contribution < -0.4 is 25.0 Å². The van der Waals surface area contributed by atoms with E-state index in [2.05, 4.69) is 10.6 Å². The van der Waals surface area contributed by atoms with E-state index in [1.54, 1.807) is 17.0 Å². The lowest BCUT2D eigenvalue weighted by Crippen LogP contribution is -2.50. The summed E-state index contributed by atoms with van der Waals surface area (Å²) in [6.45, 7) is 0.777. The van der Waals surface area contributed by atoms with Gasteiger partial charge in [-0.25, -0.2) is 0 Å². The number of carbonyl (C=O) groups is 1. The number of anilines is 1. The summed E-state index contributed by atoms with van der Waals surface area (Å²) in [5.74, 6) is 2.00. The molecule has 3 aromatic rings. The minimum absolute atomic E-state index is 0.0604. The summed E-state index contributed by atoms with van der Waals surface area (Å²) >= 11 is 0. The average molecular weight is 440 g/mol. The van der Waals surface area contributed by atoms with E-state index in [0.717, 1.165) is 28.1 Å². The summed E-state index contributed by atoms with van der Waals surface area (Å²) in [7, 11) is 1.84. The van der Waals surface area contributed by atoms with Gasteiger partial charge in [0.2, 0.25) is 18.5 Å². The Morgan fingerprint density at radius 1 is 1.18 bits per heavy atom. The van der Waals surface area contributed by atoms with Crippen molar-refractivity contribution in [3.05, 3.63) is 82.9 Å². The standard InChI is InChI=1S/C25H20N4O4/c1-27-11-20-17-8-22-23(32-14-31-22)9-19(17)25(13-28-20)18-4-2-3-5-21(18)29(24(25)30)12-16-7-6-15(10-26)33-16/h2-9,11,27-28H,12-14H2,1H3/b20-11-. The number of nitriles is 1. The third kappa shape index (κ3) is 2.66. The predicted molar refractivity (Wildman–Crippen MR) is 119 cm³/mol. The van der Waals surface area contributed by atoms with Crippen molar-refractivity contribution in [2.45, 2.75) is 12.0 Å². The van der Waals surface area contributed by atoms with Gasteiger partial charge in [-0.1, -0.05) is 18.2 Å². The van der Waals surface area contributed by atoms with Gasteiger partial charge in [-0.2, -0.15) is 5.26 Å². The molecular weight excluding hydrogens is 420 g/mol. The van der Waals surface area contributed by atoms with Crippen LogP contribution in [0.15, 0.2) is 59.1 Å². The average Bonchev–Trinajstić information content (AvgIpc) is 3.55. The molecule has 6 rings (SSSR count). The number of furan rings is 1. The maximum absolute atomic E-state index is 14.2. The smallest absolute Gasteiger partial charge is 0.244 e. The Morgan fingerprint density at radius 2 is 2.00 bits per heavy atom. The van der Waals surface area contributed by atoms with Crippen LogP contribution in [0.25, 0.3) is 5.70 Å². The van der Waals surface area contributed by atoms with Crippen LogP contribution in [0.1, 0.15) is 28.2 Å². The van der Waals surface area contributed by atoms with Crippen molar-refractivity contribution >= 4 is 17.3 Å². The lowest BCUT2D eigenvalue weighted by atomic mass is 9.70. The Bertz CT molecular complexity index is 1370. The molecule has 164 valence electrons. The summed E-state index contributed by atoms with van der Waals surface area (Å²) in [6.07, 6.45) is 1.88. The highest BCUT2D eigenvalue weighted by molar-refractivity contribution is 6.12. The number of benzene rings is 2. The van der Waals surface area contributed by atoms with Crippen molar-refractivity contribution in [3.8, 4) is 17.6 Å². The van der Waals surface area contributed by atoms with Gasteiger partial charge in [0.05, 0.1) is 12.2 Å². The van der Waals surface area contributed by atoms with Crippen molar-refractivity contribution in [3.63, 3.8) is 0 Å². The first-order valence-electron chi connectivity index (χ1n) is 10.6. The van der Waals surface area contributed by atoms with Crippen LogP contribution in [0.4, 0.5) is 5.69 Å². The van der Waals surface area contributed by atoms with Gasteiger partial charge in [-0.15, -0.1) is 0 Å². The van der Waals surface area contributed by atoms with Crippen LogP contribution in [-0.2, 0) is 16.8 Å². The number of nitrogens with one attached hydrogen (secondary N) is 2. The Balaban J connectivity index is 1.54. The largest absolute Gasteiger partial charge is 0.454 e. The molecule has 0 saturated carbocycles. The number of carbonyl (C=O) groups excluding carboxylic acids is 1. The molecule has 3 aliphatic heterocycles. The number of rotatable bonds is 3. The summed E-state index contributed by atoms with van der Waals surface area (Å²) in [5, 5.41) is 15.6. The fourth-order valence-electron chi connectivity index (χ4n) is 5.00. The molecule has 0 bridgehead atoms. The van der Waals surface area contributed by atoms with E-state index in [-0.39, 0.29) is 25.0 Å². The normalized spacial score (nSPS) is 21.0. The van der Waals surface area contributed by atoms with Crippen molar-refractivity contribution in [2.75, 3.05) is 25.3 Å². The molecule has 4 heterocycles. The first-order valence-corrected chi connectivity index (χ1v) is 10.6. The van der Waals surface area contributed by atoms with Gasteiger partial charge in [-0.3, -0.25) is 4.79 Å². The molecule has 33 heavy (non-hydrogen) atoms. The zero-order valence-corrected chi connectivity index (χ0v) is 17.8. The number of hydrogen-bond donors (Lipinski definition) is 2. The SMILES string of the molecule is CN/C=C1\NCC2(C(=O)N(Cc3ccc(C#N)o3)c3ccccc32)c2cc3c(cc21)OCO3. The van der Waals surface area contributed by atoms with Crippen LogP contribution in [0.5, 0.6) is 11.5 Å². The molecule has 8 nitrogen and oxygen atoms in total. The highest BCUT2D eigenvalue weighted by Crippen LogP contribution is 2.52. The van der Waals surface area contributed by atoms with E-state index in [9.17, 15) is 4.79 Å².